The largest absolute Gasteiger partial charge is 0.352 e. The van der Waals surface area contributed by atoms with Gasteiger partial charge in [-0.2, -0.15) is 0 Å². The lowest BCUT2D eigenvalue weighted by Crippen LogP contribution is -2.54. The van der Waals surface area contributed by atoms with Crippen LogP contribution in [0.15, 0.2) is 78.9 Å². The molecule has 1 unspecified atom stereocenters. The fourth-order valence-corrected chi connectivity index (χ4v) is 6.03. The molecular weight excluding hydrogens is 553 g/mol. The van der Waals surface area contributed by atoms with Crippen LogP contribution in [-0.4, -0.2) is 50.0 Å². The Kier molecular flexibility index (Phi) is 9.81. The van der Waals surface area contributed by atoms with Gasteiger partial charge in [0, 0.05) is 24.0 Å². The van der Waals surface area contributed by atoms with Crippen molar-refractivity contribution in [1.29, 1.82) is 0 Å². The summed E-state index contributed by atoms with van der Waals surface area (Å²) in [6.07, 6.45) is 4.87. The van der Waals surface area contributed by atoms with Crippen molar-refractivity contribution in [1.82, 2.24) is 10.2 Å². The fourth-order valence-electron chi connectivity index (χ4n) is 4.98. The molecule has 0 saturated heterocycles. The van der Waals surface area contributed by atoms with Crippen molar-refractivity contribution in [3.05, 3.63) is 101 Å². The van der Waals surface area contributed by atoms with Crippen molar-refractivity contribution in [3.63, 3.8) is 0 Å². The molecule has 3 aromatic rings. The fraction of sp³-hybridized carbons (Fsp3) is 0.333. The van der Waals surface area contributed by atoms with Gasteiger partial charge in [-0.1, -0.05) is 85.1 Å². The molecule has 7 nitrogen and oxygen atoms in total. The first kappa shape index (κ1) is 29.6. The Labute approximate surface area is 240 Å². The zero-order valence-corrected chi connectivity index (χ0v) is 23.9. The molecule has 1 fully saturated rings. The summed E-state index contributed by atoms with van der Waals surface area (Å²) in [7, 11) is -4.05. The molecule has 40 heavy (non-hydrogen) atoms. The van der Waals surface area contributed by atoms with Crippen LogP contribution in [0.25, 0.3) is 0 Å². The zero-order valence-electron chi connectivity index (χ0n) is 22.3. The molecule has 0 spiro atoms. The van der Waals surface area contributed by atoms with Gasteiger partial charge in [-0.15, -0.1) is 0 Å². The molecule has 0 aromatic heterocycles. The van der Waals surface area contributed by atoms with Gasteiger partial charge in [0.1, 0.15) is 18.4 Å². The van der Waals surface area contributed by atoms with Crippen molar-refractivity contribution in [3.8, 4) is 0 Å². The van der Waals surface area contributed by atoms with Crippen LogP contribution >= 0.6 is 11.6 Å². The highest BCUT2D eigenvalue weighted by Gasteiger charge is 2.35. The van der Waals surface area contributed by atoms with Gasteiger partial charge in [0.05, 0.1) is 11.9 Å². The number of anilines is 1. The molecule has 1 aliphatic carbocycles. The third-order valence-electron chi connectivity index (χ3n) is 7.07. The van der Waals surface area contributed by atoms with Crippen LogP contribution in [0.5, 0.6) is 0 Å². The van der Waals surface area contributed by atoms with E-state index in [1.165, 1.54) is 23.1 Å². The Morgan fingerprint density at radius 3 is 2.25 bits per heavy atom. The maximum Gasteiger partial charge on any atom is 0.244 e. The zero-order chi connectivity index (χ0) is 28.7. The Bertz CT molecular complexity index is 1430. The number of amides is 2. The van der Waals surface area contributed by atoms with E-state index < -0.39 is 34.3 Å². The number of halogens is 2. The van der Waals surface area contributed by atoms with Crippen LogP contribution in [0.4, 0.5) is 10.1 Å². The Morgan fingerprint density at radius 1 is 0.975 bits per heavy atom. The van der Waals surface area contributed by atoms with Gasteiger partial charge in [-0.3, -0.25) is 13.9 Å². The number of carbonyl (C=O) groups excluding carboxylic acids is 2. The second-order valence-electron chi connectivity index (χ2n) is 10.0. The Morgan fingerprint density at radius 2 is 1.60 bits per heavy atom. The van der Waals surface area contributed by atoms with Crippen molar-refractivity contribution in [2.75, 3.05) is 17.1 Å². The van der Waals surface area contributed by atoms with E-state index in [1.807, 2.05) is 30.3 Å². The summed E-state index contributed by atoms with van der Waals surface area (Å²) in [5, 5.41) is 3.51. The van der Waals surface area contributed by atoms with Gasteiger partial charge >= 0.3 is 0 Å². The Balaban J connectivity index is 1.74. The third-order valence-corrected chi connectivity index (χ3v) is 8.57. The first-order valence-corrected chi connectivity index (χ1v) is 15.5. The minimum atomic E-state index is -4.05. The smallest absolute Gasteiger partial charge is 0.244 e. The lowest BCUT2D eigenvalue weighted by Gasteiger charge is -2.34. The van der Waals surface area contributed by atoms with Gasteiger partial charge in [0.2, 0.25) is 21.8 Å². The summed E-state index contributed by atoms with van der Waals surface area (Å²) >= 11 is 6.46. The minimum absolute atomic E-state index is 0.00831. The van der Waals surface area contributed by atoms with E-state index in [4.69, 9.17) is 11.6 Å². The number of carbonyl (C=O) groups is 2. The number of hydrogen-bond donors (Lipinski definition) is 1. The monoisotopic (exact) mass is 585 g/mol. The highest BCUT2D eigenvalue weighted by Crippen LogP contribution is 2.25. The number of nitrogens with zero attached hydrogens (tertiary/aromatic N) is 2. The summed E-state index contributed by atoms with van der Waals surface area (Å²) in [4.78, 5) is 29.2. The molecule has 3 aromatic carbocycles. The molecule has 212 valence electrons. The predicted octanol–water partition coefficient (Wildman–Crippen LogP) is 4.94. The number of benzene rings is 3. The molecule has 1 N–H and O–H groups in total. The van der Waals surface area contributed by atoms with Gasteiger partial charge in [-0.25, -0.2) is 12.8 Å². The van der Waals surface area contributed by atoms with Crippen LogP contribution in [0, 0.1) is 5.82 Å². The number of nitrogens with one attached hydrogen (secondary N) is 1. The molecule has 2 amide bonds. The van der Waals surface area contributed by atoms with E-state index in [0.29, 0.717) is 10.6 Å². The van der Waals surface area contributed by atoms with Crippen molar-refractivity contribution >= 4 is 39.1 Å². The standard InChI is InChI=1S/C30H33ClFN3O4S/c1-40(38,39)35(27-18-10-9-17-26(27)32)21-29(36)34(20-23-13-5-8-16-25(23)31)28(19-22-11-3-2-4-12-22)30(37)33-24-14-6-7-15-24/h2-5,8-13,16-18,24,28H,6-7,14-15,19-21H2,1H3,(H,33,37). The maximum absolute atomic E-state index is 14.7. The molecule has 0 heterocycles. The van der Waals surface area contributed by atoms with Gasteiger partial charge in [0.15, 0.2) is 0 Å². The van der Waals surface area contributed by atoms with E-state index in [0.717, 1.165) is 47.9 Å². The molecule has 1 atom stereocenters. The summed E-state index contributed by atoms with van der Waals surface area (Å²) < 4.78 is 41.0. The minimum Gasteiger partial charge on any atom is -0.352 e. The van der Waals surface area contributed by atoms with Crippen LogP contribution in [0.1, 0.15) is 36.8 Å². The van der Waals surface area contributed by atoms with E-state index in [2.05, 4.69) is 5.32 Å². The summed E-state index contributed by atoms with van der Waals surface area (Å²) in [6, 6.07) is 20.7. The number of para-hydroxylation sites is 1. The number of hydrogen-bond acceptors (Lipinski definition) is 4. The molecule has 0 bridgehead atoms. The first-order chi connectivity index (χ1) is 19.1. The summed E-state index contributed by atoms with van der Waals surface area (Å²) in [6.45, 7) is -0.727. The van der Waals surface area contributed by atoms with Crippen molar-refractivity contribution < 1.29 is 22.4 Å². The SMILES string of the molecule is CS(=O)(=O)N(CC(=O)N(Cc1ccccc1Cl)C(Cc1ccccc1)C(=O)NC1CCCC1)c1ccccc1F. The molecule has 1 aliphatic rings. The maximum atomic E-state index is 14.7. The molecule has 1 saturated carbocycles. The van der Waals surface area contributed by atoms with Crippen LogP contribution < -0.4 is 9.62 Å². The normalized spacial score (nSPS) is 14.5. The topological polar surface area (TPSA) is 86.8 Å². The highest BCUT2D eigenvalue weighted by molar-refractivity contribution is 7.92. The highest BCUT2D eigenvalue weighted by atomic mass is 35.5. The summed E-state index contributed by atoms with van der Waals surface area (Å²) in [5.74, 6) is -1.76. The van der Waals surface area contributed by atoms with E-state index in [-0.39, 0.29) is 30.6 Å². The number of sulfonamides is 1. The predicted molar refractivity (Wildman–Crippen MR) is 155 cm³/mol. The first-order valence-electron chi connectivity index (χ1n) is 13.2. The van der Waals surface area contributed by atoms with Crippen molar-refractivity contribution in [2.45, 2.75) is 50.7 Å². The number of rotatable bonds is 11. The average Bonchev–Trinajstić information content (AvgIpc) is 3.43. The second kappa shape index (κ2) is 13.3. The van der Waals surface area contributed by atoms with Crippen LogP contribution in [0.3, 0.4) is 0 Å². The molecule has 4 rings (SSSR count). The second-order valence-corrected chi connectivity index (χ2v) is 12.3. The Hall–Kier alpha value is -3.43. The van der Waals surface area contributed by atoms with Crippen LogP contribution in [-0.2, 0) is 32.6 Å². The third kappa shape index (κ3) is 7.61. The van der Waals surface area contributed by atoms with E-state index in [1.54, 1.807) is 24.3 Å². The quantitative estimate of drug-likeness (QED) is 0.345. The van der Waals surface area contributed by atoms with Crippen LogP contribution in [0.2, 0.25) is 5.02 Å². The van der Waals surface area contributed by atoms with E-state index >= 15 is 0 Å². The van der Waals surface area contributed by atoms with Gasteiger partial charge in [-0.05, 0) is 42.2 Å². The summed E-state index contributed by atoms with van der Waals surface area (Å²) in [5.41, 5.74) is 1.19. The lowest BCUT2D eigenvalue weighted by atomic mass is 10.0. The lowest BCUT2D eigenvalue weighted by molar-refractivity contribution is -0.140. The molecule has 0 radical (unpaired) electrons. The van der Waals surface area contributed by atoms with Crippen molar-refractivity contribution in [2.24, 2.45) is 0 Å². The molecule has 0 aliphatic heterocycles. The van der Waals surface area contributed by atoms with Gasteiger partial charge < -0.3 is 10.2 Å². The van der Waals surface area contributed by atoms with E-state index in [9.17, 15) is 22.4 Å². The molecular formula is C30H33ClFN3O4S. The average molecular weight is 586 g/mol. The molecule has 10 heteroatoms. The van der Waals surface area contributed by atoms with Gasteiger partial charge in [0.25, 0.3) is 0 Å².